The number of hydrogen-bond donors (Lipinski definition) is 0. The van der Waals surface area contributed by atoms with Gasteiger partial charge in [-0.15, -0.1) is 6.58 Å². The SMILES string of the molecule is C=C(C)CC(/C=C/CCc1cccc(COC)c1)CC.CCCC(C)(C)C(=O)CCCCC(=O)CCCSCC. The summed E-state index contributed by atoms with van der Waals surface area (Å²) in [6.07, 6.45) is 15.9. The van der Waals surface area contributed by atoms with E-state index in [-0.39, 0.29) is 5.41 Å². The smallest absolute Gasteiger partial charge is 0.138 e. The molecule has 0 aliphatic rings. The van der Waals surface area contributed by atoms with Gasteiger partial charge in [0.1, 0.15) is 11.6 Å². The van der Waals surface area contributed by atoms with Crippen molar-refractivity contribution in [2.24, 2.45) is 11.3 Å². The zero-order chi connectivity index (χ0) is 30.2. The van der Waals surface area contributed by atoms with Crippen molar-refractivity contribution in [1.82, 2.24) is 0 Å². The Bertz CT molecular complexity index is 855. The molecular formula is C36H60O3S. The number of unbranched alkanes of at least 4 members (excludes halogenated alkanes) is 1. The van der Waals surface area contributed by atoms with Crippen molar-refractivity contribution in [3.63, 3.8) is 0 Å². The summed E-state index contributed by atoms with van der Waals surface area (Å²) in [5.41, 5.74) is 3.73. The molecular weight excluding hydrogens is 512 g/mol. The number of thioether (sulfide) groups is 1. The quantitative estimate of drug-likeness (QED) is 0.102. The summed E-state index contributed by atoms with van der Waals surface area (Å²) in [7, 11) is 1.74. The molecule has 0 saturated carbocycles. The molecule has 0 N–H and O–H groups in total. The molecule has 4 heteroatoms. The Hall–Kier alpha value is -1.65. The normalized spacial score (nSPS) is 12.2. The molecule has 0 saturated heterocycles. The van der Waals surface area contributed by atoms with Gasteiger partial charge in [0.25, 0.3) is 0 Å². The van der Waals surface area contributed by atoms with Crippen molar-refractivity contribution in [2.75, 3.05) is 18.6 Å². The molecule has 0 heterocycles. The van der Waals surface area contributed by atoms with Gasteiger partial charge in [-0.2, -0.15) is 11.8 Å². The third-order valence-electron chi connectivity index (χ3n) is 7.13. The summed E-state index contributed by atoms with van der Waals surface area (Å²) in [5.74, 6) is 3.58. The van der Waals surface area contributed by atoms with E-state index >= 15 is 0 Å². The van der Waals surface area contributed by atoms with Gasteiger partial charge in [-0.3, -0.25) is 9.59 Å². The lowest BCUT2D eigenvalue weighted by atomic mass is 9.81. The molecule has 1 rings (SSSR count). The van der Waals surface area contributed by atoms with Crippen LogP contribution in [0.3, 0.4) is 0 Å². The summed E-state index contributed by atoms with van der Waals surface area (Å²) in [6, 6.07) is 8.66. The Morgan fingerprint density at radius 2 is 1.73 bits per heavy atom. The van der Waals surface area contributed by atoms with Gasteiger partial charge in [-0.05, 0) is 86.8 Å². The van der Waals surface area contributed by atoms with Gasteiger partial charge in [0, 0.05) is 31.8 Å². The first-order valence-electron chi connectivity index (χ1n) is 15.6. The summed E-state index contributed by atoms with van der Waals surface area (Å²) in [4.78, 5) is 23.7. The highest BCUT2D eigenvalue weighted by Crippen LogP contribution is 2.26. The zero-order valence-corrected chi connectivity index (χ0v) is 27.8. The molecule has 1 atom stereocenters. The molecule has 0 aliphatic heterocycles. The molecule has 1 aromatic carbocycles. The number of hydrogen-bond acceptors (Lipinski definition) is 4. The van der Waals surface area contributed by atoms with Crippen LogP contribution in [0, 0.1) is 11.3 Å². The molecule has 0 fully saturated rings. The van der Waals surface area contributed by atoms with Gasteiger partial charge in [-0.25, -0.2) is 0 Å². The number of allylic oxidation sites excluding steroid dienone is 3. The second-order valence-electron chi connectivity index (χ2n) is 11.7. The number of methoxy groups -OCH3 is 1. The standard InChI is InChI=1S/C19H28O.C17H32O2S/c1-5-17(13-16(2)3)9-6-7-10-18-11-8-12-19(14-18)15-20-4;1-5-13-17(3,4)16(19)12-8-7-10-15(18)11-9-14-20-6-2/h6,8-9,11-12,14,17H,2,5,7,10,13,15H2,1,3-4H3;5-14H2,1-4H3/b9-6+;. The maximum atomic E-state index is 12.1. The number of carbonyl (C=O) groups excluding carboxylic acids is 2. The van der Waals surface area contributed by atoms with Crippen LogP contribution in [0.2, 0.25) is 0 Å². The third-order valence-corrected chi connectivity index (χ3v) is 8.12. The minimum atomic E-state index is -0.184. The maximum absolute atomic E-state index is 12.1. The summed E-state index contributed by atoms with van der Waals surface area (Å²) in [6.45, 7) is 17.4. The van der Waals surface area contributed by atoms with Crippen molar-refractivity contribution < 1.29 is 14.3 Å². The number of rotatable bonds is 22. The Morgan fingerprint density at radius 3 is 2.35 bits per heavy atom. The van der Waals surface area contributed by atoms with Crippen LogP contribution in [0.4, 0.5) is 0 Å². The van der Waals surface area contributed by atoms with E-state index in [4.69, 9.17) is 4.74 Å². The lowest BCUT2D eigenvalue weighted by molar-refractivity contribution is -0.127. The van der Waals surface area contributed by atoms with Crippen LogP contribution >= 0.6 is 11.8 Å². The molecule has 3 nitrogen and oxygen atoms in total. The summed E-state index contributed by atoms with van der Waals surface area (Å²) < 4.78 is 5.17. The first-order chi connectivity index (χ1) is 19.1. The van der Waals surface area contributed by atoms with Crippen LogP contribution in [0.5, 0.6) is 0 Å². The molecule has 0 radical (unpaired) electrons. The zero-order valence-electron chi connectivity index (χ0n) is 27.0. The van der Waals surface area contributed by atoms with Gasteiger partial charge in [0.05, 0.1) is 6.61 Å². The third kappa shape index (κ3) is 20.3. The highest BCUT2D eigenvalue weighted by Gasteiger charge is 2.25. The average Bonchev–Trinajstić information content (AvgIpc) is 2.91. The predicted molar refractivity (Wildman–Crippen MR) is 177 cm³/mol. The number of ether oxygens (including phenoxy) is 1. The van der Waals surface area contributed by atoms with Crippen LogP contribution in [0.1, 0.15) is 123 Å². The first kappa shape index (κ1) is 38.4. The van der Waals surface area contributed by atoms with Crippen LogP contribution in [0.15, 0.2) is 48.6 Å². The van der Waals surface area contributed by atoms with E-state index in [0.29, 0.717) is 43.4 Å². The Balaban J connectivity index is 0.000000760. The molecule has 228 valence electrons. The monoisotopic (exact) mass is 572 g/mol. The second kappa shape index (κ2) is 24.0. The van der Waals surface area contributed by atoms with Gasteiger partial charge >= 0.3 is 0 Å². The Morgan fingerprint density at radius 1 is 1.05 bits per heavy atom. The molecule has 0 spiro atoms. The highest BCUT2D eigenvalue weighted by molar-refractivity contribution is 7.99. The van der Waals surface area contributed by atoms with E-state index in [0.717, 1.165) is 62.9 Å². The number of Topliss-reactive ketones (excluding diaryl/α,β-unsaturated/α-hetero) is 2. The van der Waals surface area contributed by atoms with Crippen molar-refractivity contribution in [3.8, 4) is 0 Å². The van der Waals surface area contributed by atoms with Crippen molar-refractivity contribution in [2.45, 2.75) is 125 Å². The van der Waals surface area contributed by atoms with Crippen molar-refractivity contribution >= 4 is 23.3 Å². The van der Waals surface area contributed by atoms with E-state index in [1.54, 1.807) is 7.11 Å². The Kier molecular flexibility index (Phi) is 23.0. The Labute approximate surface area is 252 Å². The van der Waals surface area contributed by atoms with Crippen LogP contribution in [0.25, 0.3) is 0 Å². The van der Waals surface area contributed by atoms with Crippen molar-refractivity contribution in [1.29, 1.82) is 0 Å². The predicted octanol–water partition coefficient (Wildman–Crippen LogP) is 10.4. The number of benzene rings is 1. The van der Waals surface area contributed by atoms with Crippen molar-refractivity contribution in [3.05, 3.63) is 59.7 Å². The highest BCUT2D eigenvalue weighted by atomic mass is 32.2. The van der Waals surface area contributed by atoms with Crippen LogP contribution < -0.4 is 0 Å². The summed E-state index contributed by atoms with van der Waals surface area (Å²) >= 11 is 1.89. The molecule has 1 aromatic rings. The van der Waals surface area contributed by atoms with Gasteiger partial charge < -0.3 is 4.74 Å². The van der Waals surface area contributed by atoms with Gasteiger partial charge in [-0.1, -0.05) is 83.0 Å². The van der Waals surface area contributed by atoms with E-state index < -0.39 is 0 Å². The fourth-order valence-corrected chi connectivity index (χ4v) is 5.36. The van der Waals surface area contributed by atoms with Gasteiger partial charge in [0.15, 0.2) is 0 Å². The van der Waals surface area contributed by atoms with Gasteiger partial charge in [0.2, 0.25) is 0 Å². The fourth-order valence-electron chi connectivity index (χ4n) is 4.73. The topological polar surface area (TPSA) is 43.4 Å². The maximum Gasteiger partial charge on any atom is 0.138 e. The molecule has 40 heavy (non-hydrogen) atoms. The second-order valence-corrected chi connectivity index (χ2v) is 13.0. The first-order valence-corrected chi connectivity index (χ1v) is 16.7. The lowest BCUT2D eigenvalue weighted by Gasteiger charge is -2.22. The number of carbonyl (C=O) groups is 2. The minimum absolute atomic E-state index is 0.184. The van der Waals surface area contributed by atoms with Crippen LogP contribution in [-0.4, -0.2) is 30.2 Å². The molecule has 0 aliphatic carbocycles. The largest absolute Gasteiger partial charge is 0.380 e. The number of ketones is 2. The fraction of sp³-hybridized carbons (Fsp3) is 0.667. The summed E-state index contributed by atoms with van der Waals surface area (Å²) in [5, 5.41) is 0. The van der Waals surface area contributed by atoms with E-state index in [1.807, 2.05) is 25.6 Å². The lowest BCUT2D eigenvalue weighted by Crippen LogP contribution is -2.23. The molecule has 0 amide bonds. The van der Waals surface area contributed by atoms with E-state index in [2.05, 4.69) is 70.7 Å². The molecule has 0 aromatic heterocycles. The molecule has 0 bridgehead atoms. The minimum Gasteiger partial charge on any atom is -0.380 e. The molecule has 1 unspecified atom stereocenters. The number of aryl methyl sites for hydroxylation is 1. The van der Waals surface area contributed by atoms with E-state index in [1.165, 1.54) is 23.1 Å². The average molecular weight is 573 g/mol. The van der Waals surface area contributed by atoms with Crippen LogP contribution in [-0.2, 0) is 27.4 Å². The van der Waals surface area contributed by atoms with E-state index in [9.17, 15) is 9.59 Å².